The van der Waals surface area contributed by atoms with E-state index in [1.807, 2.05) is 0 Å². The minimum Gasteiger partial charge on any atom is -0.339 e. The van der Waals surface area contributed by atoms with Gasteiger partial charge in [-0.2, -0.15) is 4.98 Å². The van der Waals surface area contributed by atoms with Crippen molar-refractivity contribution in [3.05, 3.63) is 11.7 Å². The van der Waals surface area contributed by atoms with Gasteiger partial charge >= 0.3 is 0 Å². The molecule has 0 unspecified atom stereocenters. The molecule has 1 aromatic heterocycles. The SMILES string of the molecule is CC1(c2nc(CNC3CC3)no2)CCCC1. The van der Waals surface area contributed by atoms with Crippen LogP contribution in [0.1, 0.15) is 57.2 Å². The second-order valence-electron chi connectivity index (χ2n) is 5.44. The Morgan fingerprint density at radius 2 is 2.12 bits per heavy atom. The number of nitrogens with zero attached hydrogens (tertiary/aromatic N) is 2. The molecule has 0 radical (unpaired) electrons. The van der Waals surface area contributed by atoms with Gasteiger partial charge in [-0.05, 0) is 25.7 Å². The van der Waals surface area contributed by atoms with Crippen LogP contribution < -0.4 is 5.32 Å². The standard InChI is InChI=1S/C12H19N3O/c1-12(6-2-3-7-12)11-14-10(15-16-11)8-13-9-4-5-9/h9,13H,2-8H2,1H3. The van der Waals surface area contributed by atoms with Crippen molar-refractivity contribution < 1.29 is 4.52 Å². The average Bonchev–Trinajstić information content (AvgIpc) is 2.79. The van der Waals surface area contributed by atoms with E-state index in [1.165, 1.54) is 38.5 Å². The number of rotatable bonds is 4. The lowest BCUT2D eigenvalue weighted by Gasteiger charge is -2.16. The minimum atomic E-state index is 0.144. The molecule has 0 atom stereocenters. The second-order valence-corrected chi connectivity index (χ2v) is 5.44. The molecule has 2 aliphatic carbocycles. The van der Waals surface area contributed by atoms with Crippen molar-refractivity contribution in [1.82, 2.24) is 15.5 Å². The fourth-order valence-corrected chi connectivity index (χ4v) is 2.46. The molecule has 2 aliphatic rings. The van der Waals surface area contributed by atoms with Gasteiger partial charge in [-0.1, -0.05) is 24.9 Å². The van der Waals surface area contributed by atoms with Gasteiger partial charge in [0.15, 0.2) is 5.82 Å². The van der Waals surface area contributed by atoms with Crippen LogP contribution in [0.4, 0.5) is 0 Å². The molecule has 3 rings (SSSR count). The molecular formula is C12H19N3O. The summed E-state index contributed by atoms with van der Waals surface area (Å²) in [6.45, 7) is 3.00. The Morgan fingerprint density at radius 1 is 1.38 bits per heavy atom. The van der Waals surface area contributed by atoms with Crippen molar-refractivity contribution in [2.75, 3.05) is 0 Å². The molecule has 4 nitrogen and oxygen atoms in total. The van der Waals surface area contributed by atoms with Gasteiger partial charge < -0.3 is 9.84 Å². The summed E-state index contributed by atoms with van der Waals surface area (Å²) >= 11 is 0. The zero-order valence-corrected chi connectivity index (χ0v) is 9.83. The molecular weight excluding hydrogens is 202 g/mol. The maximum absolute atomic E-state index is 5.40. The number of nitrogens with one attached hydrogen (secondary N) is 1. The highest BCUT2D eigenvalue weighted by molar-refractivity contribution is 5.05. The predicted octanol–water partition coefficient (Wildman–Crippen LogP) is 2.15. The lowest BCUT2D eigenvalue weighted by atomic mass is 9.89. The third-order valence-electron chi connectivity index (χ3n) is 3.82. The van der Waals surface area contributed by atoms with E-state index in [1.54, 1.807) is 0 Å². The second kappa shape index (κ2) is 3.84. The lowest BCUT2D eigenvalue weighted by molar-refractivity contribution is 0.294. The molecule has 0 spiro atoms. The van der Waals surface area contributed by atoms with Crippen molar-refractivity contribution in [3.63, 3.8) is 0 Å². The normalized spacial score (nSPS) is 23.8. The lowest BCUT2D eigenvalue weighted by Crippen LogP contribution is -2.19. The van der Waals surface area contributed by atoms with Gasteiger partial charge in [0.05, 0.1) is 6.54 Å². The van der Waals surface area contributed by atoms with Crippen LogP contribution in [0.3, 0.4) is 0 Å². The highest BCUT2D eigenvalue weighted by Crippen LogP contribution is 2.39. The Kier molecular flexibility index (Phi) is 2.46. The molecule has 0 aromatic carbocycles. The van der Waals surface area contributed by atoms with Crippen LogP contribution in [0.25, 0.3) is 0 Å². The topological polar surface area (TPSA) is 51.0 Å². The Morgan fingerprint density at radius 3 is 2.81 bits per heavy atom. The van der Waals surface area contributed by atoms with Crippen LogP contribution in [0.15, 0.2) is 4.52 Å². The van der Waals surface area contributed by atoms with Gasteiger partial charge in [-0.3, -0.25) is 0 Å². The zero-order chi connectivity index (χ0) is 11.0. The first-order valence-electron chi connectivity index (χ1n) is 6.33. The van der Waals surface area contributed by atoms with Crippen molar-refractivity contribution in [1.29, 1.82) is 0 Å². The Balaban J connectivity index is 1.66. The van der Waals surface area contributed by atoms with Crippen LogP contribution >= 0.6 is 0 Å². The van der Waals surface area contributed by atoms with Gasteiger partial charge in [0.1, 0.15) is 0 Å². The molecule has 88 valence electrons. The van der Waals surface area contributed by atoms with E-state index in [9.17, 15) is 0 Å². The van der Waals surface area contributed by atoms with Gasteiger partial charge in [0.2, 0.25) is 5.89 Å². The van der Waals surface area contributed by atoms with Crippen LogP contribution in [-0.2, 0) is 12.0 Å². The Hall–Kier alpha value is -0.900. The van der Waals surface area contributed by atoms with Gasteiger partial charge in [0.25, 0.3) is 0 Å². The fraction of sp³-hybridized carbons (Fsp3) is 0.833. The summed E-state index contributed by atoms with van der Waals surface area (Å²) in [7, 11) is 0. The molecule has 2 fully saturated rings. The molecule has 0 saturated heterocycles. The van der Waals surface area contributed by atoms with E-state index in [2.05, 4.69) is 22.4 Å². The molecule has 1 N–H and O–H groups in total. The minimum absolute atomic E-state index is 0.144. The predicted molar refractivity (Wildman–Crippen MR) is 60.0 cm³/mol. The van der Waals surface area contributed by atoms with Gasteiger partial charge in [-0.25, -0.2) is 0 Å². The highest BCUT2D eigenvalue weighted by atomic mass is 16.5. The van der Waals surface area contributed by atoms with Crippen LogP contribution in [0, 0.1) is 0 Å². The van der Waals surface area contributed by atoms with Crippen LogP contribution in [-0.4, -0.2) is 16.2 Å². The molecule has 1 aromatic rings. The Labute approximate surface area is 95.8 Å². The summed E-state index contributed by atoms with van der Waals surface area (Å²) in [5.41, 5.74) is 0.144. The summed E-state index contributed by atoms with van der Waals surface area (Å²) in [5.74, 6) is 1.66. The third kappa shape index (κ3) is 1.98. The van der Waals surface area contributed by atoms with E-state index >= 15 is 0 Å². The van der Waals surface area contributed by atoms with Crippen molar-refractivity contribution >= 4 is 0 Å². The molecule has 1 heterocycles. The number of hydrogen-bond acceptors (Lipinski definition) is 4. The van der Waals surface area contributed by atoms with Crippen molar-refractivity contribution in [2.24, 2.45) is 0 Å². The first-order chi connectivity index (χ1) is 7.76. The first-order valence-corrected chi connectivity index (χ1v) is 6.33. The van der Waals surface area contributed by atoms with Gasteiger partial charge in [-0.15, -0.1) is 0 Å². The van der Waals surface area contributed by atoms with E-state index in [4.69, 9.17) is 4.52 Å². The monoisotopic (exact) mass is 221 g/mol. The van der Waals surface area contributed by atoms with Crippen molar-refractivity contribution in [3.8, 4) is 0 Å². The first kappa shape index (κ1) is 10.3. The average molecular weight is 221 g/mol. The molecule has 16 heavy (non-hydrogen) atoms. The zero-order valence-electron chi connectivity index (χ0n) is 9.83. The van der Waals surface area contributed by atoms with Crippen LogP contribution in [0.5, 0.6) is 0 Å². The summed E-state index contributed by atoms with van der Waals surface area (Å²) in [6, 6.07) is 0.698. The van der Waals surface area contributed by atoms with E-state index in [0.717, 1.165) is 18.3 Å². The summed E-state index contributed by atoms with van der Waals surface area (Å²) in [4.78, 5) is 4.52. The maximum atomic E-state index is 5.40. The van der Waals surface area contributed by atoms with Crippen LogP contribution in [0.2, 0.25) is 0 Å². The summed E-state index contributed by atoms with van der Waals surface area (Å²) < 4.78 is 5.40. The quantitative estimate of drug-likeness (QED) is 0.846. The summed E-state index contributed by atoms with van der Waals surface area (Å²) in [6.07, 6.45) is 7.53. The number of hydrogen-bond donors (Lipinski definition) is 1. The van der Waals surface area contributed by atoms with E-state index in [0.29, 0.717) is 6.04 Å². The fourth-order valence-electron chi connectivity index (χ4n) is 2.46. The number of aromatic nitrogens is 2. The molecule has 0 amide bonds. The molecule has 2 saturated carbocycles. The maximum Gasteiger partial charge on any atom is 0.232 e. The van der Waals surface area contributed by atoms with Gasteiger partial charge in [0, 0.05) is 11.5 Å². The smallest absolute Gasteiger partial charge is 0.232 e. The summed E-state index contributed by atoms with van der Waals surface area (Å²) in [5, 5.41) is 7.46. The highest BCUT2D eigenvalue weighted by Gasteiger charge is 2.36. The third-order valence-corrected chi connectivity index (χ3v) is 3.82. The van der Waals surface area contributed by atoms with E-state index < -0.39 is 0 Å². The van der Waals surface area contributed by atoms with Crippen molar-refractivity contribution in [2.45, 2.75) is 63.5 Å². The molecule has 0 bridgehead atoms. The van der Waals surface area contributed by atoms with E-state index in [-0.39, 0.29) is 5.41 Å². The molecule has 4 heteroatoms. The largest absolute Gasteiger partial charge is 0.339 e. The Bertz CT molecular complexity index is 364. The molecule has 0 aliphatic heterocycles.